The minimum Gasteiger partial charge on any atom is -0.313 e. The lowest BCUT2D eigenvalue weighted by molar-refractivity contribution is 0.284. The second-order valence-corrected chi connectivity index (χ2v) is 7.52. The predicted octanol–water partition coefficient (Wildman–Crippen LogP) is 1.03. The topological polar surface area (TPSA) is 52.7 Å². The second kappa shape index (κ2) is 6.32. The first-order valence-corrected chi connectivity index (χ1v) is 8.14. The summed E-state index contributed by atoms with van der Waals surface area (Å²) in [6.07, 6.45) is 2.20. The highest BCUT2D eigenvalue weighted by Crippen LogP contribution is 2.17. The monoisotopic (exact) mass is 277 g/mol. The number of nitrogens with one attached hydrogen (secondary N) is 1. The summed E-state index contributed by atoms with van der Waals surface area (Å²) in [6, 6.07) is 0.258. The first-order chi connectivity index (χ1) is 8.26. The molecule has 1 unspecified atom stereocenters. The van der Waals surface area contributed by atoms with Gasteiger partial charge in [0.2, 0.25) is 0 Å². The van der Waals surface area contributed by atoms with Crippen molar-refractivity contribution < 1.29 is 8.42 Å². The van der Waals surface area contributed by atoms with E-state index >= 15 is 0 Å². The maximum atomic E-state index is 12.5. The molecule has 0 saturated carbocycles. The van der Waals surface area contributed by atoms with Crippen molar-refractivity contribution in [3.8, 4) is 0 Å². The molecular formula is C12H27N3O2S. The van der Waals surface area contributed by atoms with E-state index in [1.165, 1.54) is 4.31 Å². The highest BCUT2D eigenvalue weighted by Gasteiger charge is 2.33. The number of hydrogen-bond donors (Lipinski definition) is 1. The molecule has 1 N–H and O–H groups in total. The summed E-state index contributed by atoms with van der Waals surface area (Å²) < 4.78 is 28.1. The van der Waals surface area contributed by atoms with Gasteiger partial charge in [-0.15, -0.1) is 0 Å². The number of nitrogens with zero attached hydrogens (tertiary/aromatic N) is 2. The van der Waals surface area contributed by atoms with E-state index in [2.05, 4.69) is 5.32 Å². The molecule has 0 aliphatic carbocycles. The summed E-state index contributed by atoms with van der Waals surface area (Å²) in [4.78, 5) is 0. The molecule has 1 atom stereocenters. The van der Waals surface area contributed by atoms with Crippen LogP contribution in [0.15, 0.2) is 0 Å². The first kappa shape index (κ1) is 15.9. The minimum atomic E-state index is -3.36. The molecule has 0 bridgehead atoms. The maximum Gasteiger partial charge on any atom is 0.282 e. The van der Waals surface area contributed by atoms with E-state index in [9.17, 15) is 8.42 Å². The van der Waals surface area contributed by atoms with E-state index in [4.69, 9.17) is 0 Å². The van der Waals surface area contributed by atoms with Gasteiger partial charge in [0.15, 0.2) is 0 Å². The van der Waals surface area contributed by atoms with Crippen LogP contribution in [0.3, 0.4) is 0 Å². The molecule has 5 nitrogen and oxygen atoms in total. The Morgan fingerprint density at radius 1 is 1.22 bits per heavy atom. The zero-order chi connectivity index (χ0) is 13.9. The minimum absolute atomic E-state index is 0.0152. The van der Waals surface area contributed by atoms with Crippen molar-refractivity contribution in [3.63, 3.8) is 0 Å². The third-order valence-corrected chi connectivity index (χ3v) is 5.84. The zero-order valence-corrected chi connectivity index (χ0v) is 13.0. The third kappa shape index (κ3) is 3.66. The van der Waals surface area contributed by atoms with Crippen molar-refractivity contribution in [2.75, 3.05) is 20.1 Å². The lowest BCUT2D eigenvalue weighted by Gasteiger charge is -2.33. The summed E-state index contributed by atoms with van der Waals surface area (Å²) >= 11 is 0. The molecular weight excluding hydrogens is 250 g/mol. The summed E-state index contributed by atoms with van der Waals surface area (Å²) in [5, 5.41) is 3.36. The molecule has 0 radical (unpaired) electrons. The van der Waals surface area contributed by atoms with Gasteiger partial charge in [-0.2, -0.15) is 17.0 Å². The van der Waals surface area contributed by atoms with Crippen LogP contribution in [0.1, 0.15) is 40.5 Å². The van der Waals surface area contributed by atoms with E-state index in [0.29, 0.717) is 12.6 Å². The maximum absolute atomic E-state index is 12.5. The van der Waals surface area contributed by atoms with E-state index < -0.39 is 10.2 Å². The molecule has 18 heavy (non-hydrogen) atoms. The molecule has 0 aromatic carbocycles. The average Bonchev–Trinajstić information content (AvgIpc) is 2.76. The SMILES string of the molecule is CC(C)N(C)S(=O)(=O)N(CC1CCCN1)C(C)C. The normalized spacial score (nSPS) is 21.7. The molecule has 1 rings (SSSR count). The summed E-state index contributed by atoms with van der Waals surface area (Å²) in [6.45, 7) is 9.21. The highest BCUT2D eigenvalue weighted by atomic mass is 32.2. The van der Waals surface area contributed by atoms with Crippen molar-refractivity contribution in [3.05, 3.63) is 0 Å². The summed E-state index contributed by atoms with van der Waals surface area (Å²) in [7, 11) is -1.71. The Balaban J connectivity index is 2.83. The van der Waals surface area contributed by atoms with Gasteiger partial charge in [-0.25, -0.2) is 0 Å². The largest absolute Gasteiger partial charge is 0.313 e. The van der Waals surface area contributed by atoms with Crippen LogP contribution in [-0.4, -0.2) is 55.3 Å². The Morgan fingerprint density at radius 2 is 1.83 bits per heavy atom. The van der Waals surface area contributed by atoms with Gasteiger partial charge in [-0.1, -0.05) is 0 Å². The van der Waals surface area contributed by atoms with Crippen LogP contribution in [-0.2, 0) is 10.2 Å². The Morgan fingerprint density at radius 3 is 2.22 bits per heavy atom. The van der Waals surface area contributed by atoms with Gasteiger partial charge >= 0.3 is 0 Å². The summed E-state index contributed by atoms with van der Waals surface area (Å²) in [5.41, 5.74) is 0. The van der Waals surface area contributed by atoms with Gasteiger partial charge < -0.3 is 5.32 Å². The van der Waals surface area contributed by atoms with Crippen LogP contribution in [0.25, 0.3) is 0 Å². The fourth-order valence-corrected chi connectivity index (χ4v) is 3.90. The molecule has 0 aromatic heterocycles. The molecule has 1 aliphatic rings. The van der Waals surface area contributed by atoms with Gasteiger partial charge in [0.25, 0.3) is 10.2 Å². The molecule has 1 fully saturated rings. The van der Waals surface area contributed by atoms with Crippen LogP contribution >= 0.6 is 0 Å². The fourth-order valence-electron chi connectivity index (χ4n) is 2.13. The van der Waals surface area contributed by atoms with E-state index in [-0.39, 0.29) is 12.1 Å². The number of rotatable bonds is 6. The predicted molar refractivity (Wildman–Crippen MR) is 74.7 cm³/mol. The van der Waals surface area contributed by atoms with E-state index in [1.54, 1.807) is 11.4 Å². The molecule has 6 heteroatoms. The molecule has 0 amide bonds. The van der Waals surface area contributed by atoms with Crippen LogP contribution in [0.2, 0.25) is 0 Å². The Labute approximate surface area is 112 Å². The van der Waals surface area contributed by atoms with Gasteiger partial charge in [0.1, 0.15) is 0 Å². The lowest BCUT2D eigenvalue weighted by atomic mass is 10.2. The highest BCUT2D eigenvalue weighted by molar-refractivity contribution is 7.86. The quantitative estimate of drug-likeness (QED) is 0.789. The molecule has 0 aromatic rings. The van der Waals surface area contributed by atoms with Gasteiger partial charge in [-0.05, 0) is 47.1 Å². The average molecular weight is 277 g/mol. The number of hydrogen-bond acceptors (Lipinski definition) is 3. The second-order valence-electron chi connectivity index (χ2n) is 5.57. The Bertz CT molecular complexity index is 348. The Kier molecular flexibility index (Phi) is 5.58. The first-order valence-electron chi connectivity index (χ1n) is 6.75. The van der Waals surface area contributed by atoms with Crippen LogP contribution in [0, 0.1) is 0 Å². The van der Waals surface area contributed by atoms with Gasteiger partial charge in [0.05, 0.1) is 0 Å². The van der Waals surface area contributed by atoms with Crippen LogP contribution in [0.5, 0.6) is 0 Å². The van der Waals surface area contributed by atoms with E-state index in [1.807, 2.05) is 27.7 Å². The van der Waals surface area contributed by atoms with Crippen molar-refractivity contribution >= 4 is 10.2 Å². The molecule has 1 aliphatic heterocycles. The van der Waals surface area contributed by atoms with E-state index in [0.717, 1.165) is 19.4 Å². The van der Waals surface area contributed by atoms with Crippen molar-refractivity contribution in [2.24, 2.45) is 0 Å². The standard InChI is InChI=1S/C12H27N3O2S/c1-10(2)14(5)18(16,17)15(11(3)4)9-12-7-6-8-13-12/h10-13H,6-9H2,1-5H3. The molecule has 0 spiro atoms. The van der Waals surface area contributed by atoms with Gasteiger partial charge in [0, 0.05) is 31.7 Å². The molecule has 108 valence electrons. The Hall–Kier alpha value is -0.170. The lowest BCUT2D eigenvalue weighted by Crippen LogP contribution is -2.51. The molecule has 1 heterocycles. The summed E-state index contributed by atoms with van der Waals surface area (Å²) in [5.74, 6) is 0. The fraction of sp³-hybridized carbons (Fsp3) is 1.00. The van der Waals surface area contributed by atoms with Crippen molar-refractivity contribution in [1.82, 2.24) is 13.9 Å². The van der Waals surface area contributed by atoms with Crippen LogP contribution < -0.4 is 5.32 Å². The van der Waals surface area contributed by atoms with Crippen LogP contribution in [0.4, 0.5) is 0 Å². The third-order valence-electron chi connectivity index (χ3n) is 3.53. The van der Waals surface area contributed by atoms with Crippen molar-refractivity contribution in [2.45, 2.75) is 58.7 Å². The van der Waals surface area contributed by atoms with Crippen molar-refractivity contribution in [1.29, 1.82) is 0 Å². The van der Waals surface area contributed by atoms with Gasteiger partial charge in [-0.3, -0.25) is 0 Å². The smallest absolute Gasteiger partial charge is 0.282 e. The molecule has 1 saturated heterocycles. The zero-order valence-electron chi connectivity index (χ0n) is 12.2.